The fourth-order valence-electron chi connectivity index (χ4n) is 1.72. The first-order valence-electron chi connectivity index (χ1n) is 5.20. The summed E-state index contributed by atoms with van der Waals surface area (Å²) in [5.74, 6) is -1.42. The predicted octanol–water partition coefficient (Wildman–Crippen LogP) is -1.02. The number of piperazine rings is 1. The second kappa shape index (κ2) is 4.88. The molecule has 7 nitrogen and oxygen atoms in total. The van der Waals surface area contributed by atoms with Gasteiger partial charge in [-0.25, -0.2) is 9.78 Å². The summed E-state index contributed by atoms with van der Waals surface area (Å²) in [5, 5.41) is 12.0. The fourth-order valence-corrected chi connectivity index (χ4v) is 1.72. The highest BCUT2D eigenvalue weighted by Gasteiger charge is 2.32. The summed E-state index contributed by atoms with van der Waals surface area (Å²) in [6, 6.07) is -0.849. The normalized spacial score (nSPS) is 20.0. The number of carbonyl (C=O) groups is 2. The Morgan fingerprint density at radius 3 is 2.94 bits per heavy atom. The van der Waals surface area contributed by atoms with Crippen LogP contribution in [0.4, 0.5) is 0 Å². The zero-order chi connectivity index (χ0) is 12.3. The Bertz CT molecular complexity index is 423. The molecule has 0 bridgehead atoms. The second-order valence-corrected chi connectivity index (χ2v) is 3.65. The smallest absolute Gasteiger partial charge is 0.327 e. The molecule has 1 aliphatic heterocycles. The molecule has 1 atom stereocenters. The lowest BCUT2D eigenvalue weighted by Crippen LogP contribution is -2.57. The van der Waals surface area contributed by atoms with Crippen LogP contribution in [0, 0.1) is 0 Å². The van der Waals surface area contributed by atoms with E-state index in [-0.39, 0.29) is 12.2 Å². The Kier molecular flexibility index (Phi) is 3.29. The van der Waals surface area contributed by atoms with Crippen LogP contribution in [-0.2, 0) is 4.79 Å². The van der Waals surface area contributed by atoms with Gasteiger partial charge in [-0.15, -0.1) is 0 Å². The first-order valence-corrected chi connectivity index (χ1v) is 5.20. The SMILES string of the molecule is O=C(O)[C@@H]1CNCCN1C(=O)c1cnccn1. The number of aliphatic carboxylic acids is 1. The van der Waals surface area contributed by atoms with Crippen LogP contribution in [0.15, 0.2) is 18.6 Å². The van der Waals surface area contributed by atoms with Crippen LogP contribution in [0.5, 0.6) is 0 Å². The molecule has 7 heteroatoms. The van der Waals surface area contributed by atoms with Crippen molar-refractivity contribution in [1.29, 1.82) is 0 Å². The van der Waals surface area contributed by atoms with E-state index >= 15 is 0 Å². The Morgan fingerprint density at radius 1 is 1.47 bits per heavy atom. The fraction of sp³-hybridized carbons (Fsp3) is 0.400. The molecular formula is C10H12N4O3. The number of nitrogens with zero attached hydrogens (tertiary/aromatic N) is 3. The molecule has 2 rings (SSSR count). The summed E-state index contributed by atoms with van der Waals surface area (Å²) in [7, 11) is 0. The van der Waals surface area contributed by atoms with Crippen molar-refractivity contribution in [3.8, 4) is 0 Å². The lowest BCUT2D eigenvalue weighted by atomic mass is 10.2. The molecule has 0 saturated carbocycles. The summed E-state index contributed by atoms with van der Waals surface area (Å²) in [4.78, 5) is 32.1. The first-order chi connectivity index (χ1) is 8.20. The Labute approximate surface area is 97.5 Å². The molecule has 2 heterocycles. The van der Waals surface area contributed by atoms with Crippen molar-refractivity contribution in [3.05, 3.63) is 24.3 Å². The van der Waals surface area contributed by atoms with E-state index in [1.54, 1.807) is 0 Å². The van der Waals surface area contributed by atoms with E-state index in [4.69, 9.17) is 5.11 Å². The van der Waals surface area contributed by atoms with E-state index in [9.17, 15) is 9.59 Å². The quantitative estimate of drug-likeness (QED) is 0.682. The molecule has 0 radical (unpaired) electrons. The van der Waals surface area contributed by atoms with Gasteiger partial charge in [0, 0.05) is 32.0 Å². The van der Waals surface area contributed by atoms with Gasteiger partial charge in [0.1, 0.15) is 11.7 Å². The lowest BCUT2D eigenvalue weighted by molar-refractivity contribution is -0.142. The molecule has 1 aromatic heterocycles. The van der Waals surface area contributed by atoms with Gasteiger partial charge in [0.25, 0.3) is 5.91 Å². The van der Waals surface area contributed by atoms with Gasteiger partial charge in [-0.3, -0.25) is 9.78 Å². The van der Waals surface area contributed by atoms with E-state index in [1.165, 1.54) is 23.5 Å². The van der Waals surface area contributed by atoms with Gasteiger partial charge < -0.3 is 15.3 Å². The number of aromatic nitrogens is 2. The van der Waals surface area contributed by atoms with E-state index < -0.39 is 17.9 Å². The highest BCUT2D eigenvalue weighted by molar-refractivity contribution is 5.94. The zero-order valence-electron chi connectivity index (χ0n) is 9.04. The van der Waals surface area contributed by atoms with E-state index in [2.05, 4.69) is 15.3 Å². The number of carboxylic acids is 1. The second-order valence-electron chi connectivity index (χ2n) is 3.65. The van der Waals surface area contributed by atoms with Crippen molar-refractivity contribution in [2.24, 2.45) is 0 Å². The van der Waals surface area contributed by atoms with Crippen molar-refractivity contribution in [2.75, 3.05) is 19.6 Å². The van der Waals surface area contributed by atoms with E-state index in [0.29, 0.717) is 13.1 Å². The summed E-state index contributed by atoms with van der Waals surface area (Å²) in [6.07, 6.45) is 4.21. The summed E-state index contributed by atoms with van der Waals surface area (Å²) >= 11 is 0. The average molecular weight is 236 g/mol. The predicted molar refractivity (Wildman–Crippen MR) is 57.4 cm³/mol. The highest BCUT2D eigenvalue weighted by atomic mass is 16.4. The maximum absolute atomic E-state index is 12.0. The topological polar surface area (TPSA) is 95.4 Å². The molecule has 1 aromatic rings. The van der Waals surface area contributed by atoms with Gasteiger partial charge in [-0.1, -0.05) is 0 Å². The molecule has 1 aliphatic rings. The third-order valence-electron chi connectivity index (χ3n) is 2.57. The van der Waals surface area contributed by atoms with Gasteiger partial charge in [0.05, 0.1) is 6.20 Å². The van der Waals surface area contributed by atoms with Crippen LogP contribution < -0.4 is 5.32 Å². The van der Waals surface area contributed by atoms with Crippen molar-refractivity contribution in [3.63, 3.8) is 0 Å². The minimum Gasteiger partial charge on any atom is -0.480 e. The van der Waals surface area contributed by atoms with Gasteiger partial charge in [-0.05, 0) is 0 Å². The molecule has 17 heavy (non-hydrogen) atoms. The van der Waals surface area contributed by atoms with Crippen molar-refractivity contribution in [1.82, 2.24) is 20.2 Å². The largest absolute Gasteiger partial charge is 0.480 e. The number of amides is 1. The molecule has 90 valence electrons. The van der Waals surface area contributed by atoms with Crippen LogP contribution in [-0.4, -0.2) is 57.5 Å². The van der Waals surface area contributed by atoms with E-state index in [0.717, 1.165) is 0 Å². The zero-order valence-corrected chi connectivity index (χ0v) is 9.04. The standard InChI is InChI=1S/C10H12N4O3/c15-9(7-5-11-1-2-13-7)14-4-3-12-6-8(14)10(16)17/h1-2,5,8,12H,3-4,6H2,(H,16,17)/t8-/m0/s1. The van der Waals surface area contributed by atoms with Crippen LogP contribution in [0.2, 0.25) is 0 Å². The molecule has 0 unspecified atom stereocenters. The minimum absolute atomic E-state index is 0.167. The van der Waals surface area contributed by atoms with E-state index in [1.807, 2.05) is 0 Å². The number of carbonyl (C=O) groups excluding carboxylic acids is 1. The Morgan fingerprint density at radius 2 is 2.29 bits per heavy atom. The maximum atomic E-state index is 12.0. The average Bonchev–Trinajstić information content (AvgIpc) is 2.39. The number of hydrogen-bond donors (Lipinski definition) is 2. The molecule has 0 aliphatic carbocycles. The van der Waals surface area contributed by atoms with Crippen molar-refractivity contribution in [2.45, 2.75) is 6.04 Å². The number of nitrogens with one attached hydrogen (secondary N) is 1. The van der Waals surface area contributed by atoms with Gasteiger partial charge in [0.2, 0.25) is 0 Å². The molecule has 0 spiro atoms. The van der Waals surface area contributed by atoms with Crippen molar-refractivity contribution < 1.29 is 14.7 Å². The first kappa shape index (κ1) is 11.5. The van der Waals surface area contributed by atoms with Crippen LogP contribution in [0.3, 0.4) is 0 Å². The molecule has 1 fully saturated rings. The highest BCUT2D eigenvalue weighted by Crippen LogP contribution is 2.08. The molecule has 2 N–H and O–H groups in total. The number of hydrogen-bond acceptors (Lipinski definition) is 5. The third-order valence-corrected chi connectivity index (χ3v) is 2.57. The van der Waals surface area contributed by atoms with Gasteiger partial charge >= 0.3 is 5.97 Å². The third kappa shape index (κ3) is 2.39. The Balaban J connectivity index is 2.20. The maximum Gasteiger partial charge on any atom is 0.327 e. The van der Waals surface area contributed by atoms with Gasteiger partial charge in [-0.2, -0.15) is 0 Å². The number of carboxylic acid groups (broad SMARTS) is 1. The van der Waals surface area contributed by atoms with Crippen LogP contribution in [0.25, 0.3) is 0 Å². The minimum atomic E-state index is -1.02. The monoisotopic (exact) mass is 236 g/mol. The van der Waals surface area contributed by atoms with Crippen molar-refractivity contribution >= 4 is 11.9 Å². The molecule has 1 amide bonds. The molecule has 0 aromatic carbocycles. The molecule has 1 saturated heterocycles. The number of rotatable bonds is 2. The lowest BCUT2D eigenvalue weighted by Gasteiger charge is -2.33. The summed E-state index contributed by atoms with van der Waals surface area (Å²) in [6.45, 7) is 1.18. The molecular weight excluding hydrogens is 224 g/mol. The van der Waals surface area contributed by atoms with Crippen LogP contribution >= 0.6 is 0 Å². The summed E-state index contributed by atoms with van der Waals surface area (Å²) in [5.41, 5.74) is 0.167. The Hall–Kier alpha value is -2.02. The summed E-state index contributed by atoms with van der Waals surface area (Å²) < 4.78 is 0. The van der Waals surface area contributed by atoms with Crippen LogP contribution in [0.1, 0.15) is 10.5 Å². The van der Waals surface area contributed by atoms with Gasteiger partial charge in [0.15, 0.2) is 0 Å².